The van der Waals surface area contributed by atoms with Crippen LogP contribution in [-0.2, 0) is 6.42 Å². The largest absolute Gasteiger partial charge is 0.508 e. The summed E-state index contributed by atoms with van der Waals surface area (Å²) in [5.41, 5.74) is 1.66. The number of aromatic hydroxyl groups is 1. The Balaban J connectivity index is 2.03. The quantitative estimate of drug-likeness (QED) is 0.756. The zero-order valence-corrected chi connectivity index (χ0v) is 13.0. The summed E-state index contributed by atoms with van der Waals surface area (Å²) in [5.74, 6) is 1.66. The molecule has 1 fully saturated rings. The molecule has 1 N–H and O–H groups in total. The van der Waals surface area contributed by atoms with Crippen molar-refractivity contribution in [2.45, 2.75) is 51.8 Å². The summed E-state index contributed by atoms with van der Waals surface area (Å²) in [6.45, 7) is 7.01. The number of alkyl halides is 1. The zero-order valence-electron chi connectivity index (χ0n) is 12.2. The molecule has 0 amide bonds. The maximum absolute atomic E-state index is 9.34. The first-order valence-electron chi connectivity index (χ1n) is 7.28. The first-order valence-corrected chi connectivity index (χ1v) is 7.72. The molecule has 0 spiro atoms. The van der Waals surface area contributed by atoms with E-state index >= 15 is 0 Å². The Hall–Kier alpha value is -0.690. The number of phenols is 1. The molecular formula is C17H25ClO. The molecule has 19 heavy (non-hydrogen) atoms. The molecule has 1 aromatic rings. The Bertz CT molecular complexity index is 404. The third kappa shape index (κ3) is 3.89. The fraction of sp³-hybridized carbons (Fsp3) is 0.647. The topological polar surface area (TPSA) is 20.2 Å². The van der Waals surface area contributed by atoms with Crippen molar-refractivity contribution in [3.05, 3.63) is 29.8 Å². The summed E-state index contributed by atoms with van der Waals surface area (Å²) in [4.78, 5) is 0. The van der Waals surface area contributed by atoms with Crippen LogP contribution in [0.4, 0.5) is 0 Å². The first kappa shape index (κ1) is 14.7. The number of hydrogen-bond acceptors (Lipinski definition) is 1. The van der Waals surface area contributed by atoms with Gasteiger partial charge in [0.2, 0.25) is 0 Å². The predicted molar refractivity (Wildman–Crippen MR) is 81.7 cm³/mol. The van der Waals surface area contributed by atoms with Gasteiger partial charge in [-0.3, -0.25) is 0 Å². The molecule has 1 aliphatic rings. The zero-order chi connectivity index (χ0) is 14.0. The van der Waals surface area contributed by atoms with Gasteiger partial charge >= 0.3 is 0 Å². The average molecular weight is 281 g/mol. The lowest BCUT2D eigenvalue weighted by Crippen LogP contribution is -2.33. The highest BCUT2D eigenvalue weighted by atomic mass is 35.5. The van der Waals surface area contributed by atoms with E-state index in [1.165, 1.54) is 18.4 Å². The van der Waals surface area contributed by atoms with E-state index in [9.17, 15) is 5.11 Å². The lowest BCUT2D eigenvalue weighted by atomic mass is 9.68. The standard InChI is InChI=1S/C17H25ClO/c1-17(2,3)14-6-9-16(18)13(11-14)10-12-4-7-15(19)8-5-12/h4-5,7-8,13-14,16,19H,6,9-11H2,1-3H3. The van der Waals surface area contributed by atoms with Crippen LogP contribution in [0.1, 0.15) is 45.6 Å². The molecule has 0 bridgehead atoms. The van der Waals surface area contributed by atoms with Crippen LogP contribution in [0.2, 0.25) is 0 Å². The molecule has 2 rings (SSSR count). The maximum Gasteiger partial charge on any atom is 0.115 e. The van der Waals surface area contributed by atoms with Crippen molar-refractivity contribution in [2.75, 3.05) is 0 Å². The predicted octanol–water partition coefficient (Wildman–Crippen LogP) is 5.00. The van der Waals surface area contributed by atoms with Gasteiger partial charge in [-0.05, 0) is 60.6 Å². The molecule has 1 aromatic carbocycles. The minimum Gasteiger partial charge on any atom is -0.508 e. The fourth-order valence-electron chi connectivity index (χ4n) is 3.16. The second-order valence-electron chi connectivity index (χ2n) is 7.02. The van der Waals surface area contributed by atoms with Gasteiger partial charge in [0.15, 0.2) is 0 Å². The van der Waals surface area contributed by atoms with Crippen LogP contribution in [0.25, 0.3) is 0 Å². The summed E-state index contributed by atoms with van der Waals surface area (Å²) in [7, 11) is 0. The van der Waals surface area contributed by atoms with Crippen LogP contribution in [-0.4, -0.2) is 10.5 Å². The van der Waals surface area contributed by atoms with Crippen molar-refractivity contribution in [1.29, 1.82) is 0 Å². The van der Waals surface area contributed by atoms with Crippen molar-refractivity contribution < 1.29 is 5.11 Å². The Morgan fingerprint density at radius 2 is 1.79 bits per heavy atom. The Morgan fingerprint density at radius 1 is 1.16 bits per heavy atom. The van der Waals surface area contributed by atoms with Crippen molar-refractivity contribution in [2.24, 2.45) is 17.3 Å². The lowest BCUT2D eigenvalue weighted by molar-refractivity contribution is 0.144. The highest BCUT2D eigenvalue weighted by molar-refractivity contribution is 6.20. The van der Waals surface area contributed by atoms with Gasteiger partial charge in [-0.2, -0.15) is 0 Å². The Labute approximate surface area is 122 Å². The van der Waals surface area contributed by atoms with Crippen molar-refractivity contribution in [3.8, 4) is 5.75 Å². The van der Waals surface area contributed by atoms with Crippen LogP contribution < -0.4 is 0 Å². The normalized spacial score (nSPS) is 28.3. The Morgan fingerprint density at radius 3 is 2.37 bits per heavy atom. The van der Waals surface area contributed by atoms with Gasteiger partial charge in [0.05, 0.1) is 0 Å². The molecule has 2 heteroatoms. The molecule has 0 aliphatic heterocycles. The first-order chi connectivity index (χ1) is 8.86. The number of rotatable bonds is 2. The van der Waals surface area contributed by atoms with Gasteiger partial charge in [0.25, 0.3) is 0 Å². The van der Waals surface area contributed by atoms with Gasteiger partial charge in [-0.1, -0.05) is 32.9 Å². The SMILES string of the molecule is CC(C)(C)C1CCC(Cl)C(Cc2ccc(O)cc2)C1. The minimum atomic E-state index is 0.299. The van der Waals surface area contributed by atoms with E-state index in [2.05, 4.69) is 20.8 Å². The summed E-state index contributed by atoms with van der Waals surface area (Å²) in [5, 5.41) is 9.64. The second-order valence-corrected chi connectivity index (χ2v) is 7.58. The van der Waals surface area contributed by atoms with Gasteiger partial charge < -0.3 is 5.11 Å². The molecular weight excluding hydrogens is 256 g/mol. The second kappa shape index (κ2) is 5.75. The Kier molecular flexibility index (Phi) is 4.45. The summed E-state index contributed by atoms with van der Waals surface area (Å²) in [6.07, 6.45) is 4.63. The average Bonchev–Trinajstić information content (AvgIpc) is 2.33. The van der Waals surface area contributed by atoms with E-state index in [4.69, 9.17) is 11.6 Å². The number of benzene rings is 1. The molecule has 0 aromatic heterocycles. The summed E-state index contributed by atoms with van der Waals surface area (Å²) < 4.78 is 0. The fourth-order valence-corrected chi connectivity index (χ4v) is 3.48. The summed E-state index contributed by atoms with van der Waals surface area (Å²) in [6, 6.07) is 7.56. The van der Waals surface area contributed by atoms with Crippen molar-refractivity contribution in [3.63, 3.8) is 0 Å². The van der Waals surface area contributed by atoms with E-state index in [-0.39, 0.29) is 0 Å². The smallest absolute Gasteiger partial charge is 0.115 e. The molecule has 3 unspecified atom stereocenters. The highest BCUT2D eigenvalue weighted by Gasteiger charge is 2.34. The monoisotopic (exact) mass is 280 g/mol. The van der Waals surface area contributed by atoms with E-state index < -0.39 is 0 Å². The van der Waals surface area contributed by atoms with Gasteiger partial charge in [0, 0.05) is 5.38 Å². The molecule has 0 radical (unpaired) electrons. The van der Waals surface area contributed by atoms with Crippen LogP contribution in [0.15, 0.2) is 24.3 Å². The summed E-state index contributed by atoms with van der Waals surface area (Å²) >= 11 is 6.53. The molecule has 1 aliphatic carbocycles. The molecule has 106 valence electrons. The van der Waals surface area contributed by atoms with E-state index in [0.29, 0.717) is 22.5 Å². The van der Waals surface area contributed by atoms with Crippen molar-refractivity contribution >= 4 is 11.6 Å². The van der Waals surface area contributed by atoms with E-state index in [1.54, 1.807) is 12.1 Å². The van der Waals surface area contributed by atoms with Gasteiger partial charge in [0.1, 0.15) is 5.75 Å². The van der Waals surface area contributed by atoms with Crippen LogP contribution >= 0.6 is 11.6 Å². The number of phenolic OH excluding ortho intramolecular Hbond substituents is 1. The number of hydrogen-bond donors (Lipinski definition) is 1. The van der Waals surface area contributed by atoms with Crippen LogP contribution in [0.5, 0.6) is 5.75 Å². The number of halogens is 1. The van der Waals surface area contributed by atoms with Crippen molar-refractivity contribution in [1.82, 2.24) is 0 Å². The lowest BCUT2D eigenvalue weighted by Gasteiger charge is -2.40. The van der Waals surface area contributed by atoms with E-state index in [1.807, 2.05) is 12.1 Å². The molecule has 0 heterocycles. The highest BCUT2D eigenvalue weighted by Crippen LogP contribution is 2.43. The molecule has 0 saturated heterocycles. The van der Waals surface area contributed by atoms with Crippen LogP contribution in [0.3, 0.4) is 0 Å². The molecule has 3 atom stereocenters. The third-order valence-corrected chi connectivity index (χ3v) is 5.12. The molecule has 1 nitrogen and oxygen atoms in total. The maximum atomic E-state index is 9.34. The minimum absolute atomic E-state index is 0.299. The van der Waals surface area contributed by atoms with Crippen LogP contribution in [0, 0.1) is 17.3 Å². The van der Waals surface area contributed by atoms with Gasteiger partial charge in [-0.25, -0.2) is 0 Å². The van der Waals surface area contributed by atoms with E-state index in [0.717, 1.165) is 18.8 Å². The third-order valence-electron chi connectivity index (χ3n) is 4.55. The van der Waals surface area contributed by atoms with Gasteiger partial charge in [-0.15, -0.1) is 11.6 Å². The molecule has 1 saturated carbocycles.